The lowest BCUT2D eigenvalue weighted by atomic mass is 9.58. The largest absolute Gasteiger partial charge is 0.481 e. The first-order valence-corrected chi connectivity index (χ1v) is 8.64. The van der Waals surface area contributed by atoms with Crippen LogP contribution in [0.4, 0.5) is 0 Å². The average Bonchev–Trinajstić information content (AvgIpc) is 2.64. The summed E-state index contributed by atoms with van der Waals surface area (Å²) in [6, 6.07) is 0. The molecule has 136 valence electrons. The second kappa shape index (κ2) is 6.52. The molecule has 0 bridgehead atoms. The van der Waals surface area contributed by atoms with Gasteiger partial charge in [0.2, 0.25) is 17.4 Å². The van der Waals surface area contributed by atoms with Crippen LogP contribution in [0.2, 0.25) is 0 Å². The zero-order valence-electron chi connectivity index (χ0n) is 15.3. The molecule has 0 aromatic carbocycles. The summed E-state index contributed by atoms with van der Waals surface area (Å²) in [7, 11) is 1.50. The Morgan fingerprint density at radius 2 is 2.19 bits per heavy atom. The summed E-state index contributed by atoms with van der Waals surface area (Å²) >= 11 is 0. The van der Waals surface area contributed by atoms with Crippen LogP contribution in [0.15, 0.2) is 11.8 Å². The third-order valence-corrected chi connectivity index (χ3v) is 5.43. The monoisotopic (exact) mass is 355 g/mol. The molecule has 0 radical (unpaired) electrons. The van der Waals surface area contributed by atoms with Crippen LogP contribution in [0.1, 0.15) is 49.1 Å². The maximum Gasteiger partial charge on any atom is 0.376 e. The number of nitrogens with zero attached hydrogens (tertiary/aromatic N) is 3. The number of hydrogen-bond acceptors (Lipinski definition) is 6. The standard InChI is InChI=1S/C19H21N3O4/c1-6-26-18(24)16-21-15-11(17(22-16)25-5)7-8-12-10(2)14(23)13(20-4)9-19(12,15)3/h9-10,12H,6-8H2,1-3,5H3/t10-,12-,19-/m0/s1. The Morgan fingerprint density at radius 3 is 2.81 bits per heavy atom. The lowest BCUT2D eigenvalue weighted by molar-refractivity contribution is -0.121. The van der Waals surface area contributed by atoms with Crippen LogP contribution in [0.5, 0.6) is 5.88 Å². The van der Waals surface area contributed by atoms with Crippen LogP contribution in [0.3, 0.4) is 0 Å². The van der Waals surface area contributed by atoms with Gasteiger partial charge in [0.05, 0.1) is 26.0 Å². The Labute approximate surface area is 152 Å². The van der Waals surface area contributed by atoms with E-state index in [9.17, 15) is 9.59 Å². The van der Waals surface area contributed by atoms with E-state index in [2.05, 4.69) is 14.8 Å². The number of ketones is 1. The Kier molecular flexibility index (Phi) is 4.53. The van der Waals surface area contributed by atoms with Gasteiger partial charge in [-0.15, -0.1) is 0 Å². The van der Waals surface area contributed by atoms with E-state index >= 15 is 0 Å². The highest BCUT2D eigenvalue weighted by Crippen LogP contribution is 2.50. The van der Waals surface area contributed by atoms with Crippen molar-refractivity contribution in [2.45, 2.75) is 39.0 Å². The molecule has 1 aromatic rings. The maximum atomic E-state index is 12.4. The molecule has 0 saturated heterocycles. The number of ether oxygens (including phenoxy) is 2. The minimum Gasteiger partial charge on any atom is -0.481 e. The molecular formula is C19H21N3O4. The summed E-state index contributed by atoms with van der Waals surface area (Å²) in [6.45, 7) is 13.1. The highest BCUT2D eigenvalue weighted by Gasteiger charge is 2.49. The quantitative estimate of drug-likeness (QED) is 0.612. The molecule has 3 atom stereocenters. The average molecular weight is 355 g/mol. The van der Waals surface area contributed by atoms with Gasteiger partial charge >= 0.3 is 5.97 Å². The molecule has 0 unspecified atom stereocenters. The number of allylic oxidation sites excluding steroid dienone is 2. The molecule has 1 aromatic heterocycles. The van der Waals surface area contributed by atoms with Gasteiger partial charge in [0.25, 0.3) is 0 Å². The van der Waals surface area contributed by atoms with Crippen LogP contribution in [-0.4, -0.2) is 35.4 Å². The van der Waals surface area contributed by atoms with Gasteiger partial charge < -0.3 is 14.3 Å². The van der Waals surface area contributed by atoms with Gasteiger partial charge in [-0.3, -0.25) is 0 Å². The van der Waals surface area contributed by atoms with Crippen LogP contribution in [0.25, 0.3) is 4.85 Å². The van der Waals surface area contributed by atoms with Crippen molar-refractivity contribution in [3.63, 3.8) is 0 Å². The van der Waals surface area contributed by atoms with E-state index in [0.717, 1.165) is 12.0 Å². The molecule has 0 spiro atoms. The predicted octanol–water partition coefficient (Wildman–Crippen LogP) is 2.50. The number of fused-ring (bicyclic) bond motifs is 3. The highest BCUT2D eigenvalue weighted by molar-refractivity contribution is 6.00. The minimum atomic E-state index is -0.641. The van der Waals surface area contributed by atoms with Crippen molar-refractivity contribution in [3.05, 3.63) is 40.3 Å². The van der Waals surface area contributed by atoms with Crippen molar-refractivity contribution in [2.75, 3.05) is 13.7 Å². The Balaban J connectivity index is 2.24. The van der Waals surface area contributed by atoms with Gasteiger partial charge in [-0.1, -0.05) is 19.9 Å². The van der Waals surface area contributed by atoms with Crippen LogP contribution >= 0.6 is 0 Å². The fraction of sp³-hybridized carbons (Fsp3) is 0.526. The van der Waals surface area contributed by atoms with Gasteiger partial charge in [-0.25, -0.2) is 14.6 Å². The second-order valence-corrected chi connectivity index (χ2v) is 6.83. The molecule has 0 amide bonds. The normalized spacial score (nSPS) is 26.9. The molecule has 0 fully saturated rings. The molecule has 0 saturated carbocycles. The summed E-state index contributed by atoms with van der Waals surface area (Å²) in [5.41, 5.74) is 0.947. The Hall–Kier alpha value is -2.75. The molecule has 3 rings (SSSR count). The van der Waals surface area contributed by atoms with Crippen LogP contribution < -0.4 is 4.74 Å². The van der Waals surface area contributed by atoms with Gasteiger partial charge in [-0.05, 0) is 25.7 Å². The lowest BCUT2D eigenvalue weighted by Gasteiger charge is -2.45. The van der Waals surface area contributed by atoms with Crippen molar-refractivity contribution in [2.24, 2.45) is 11.8 Å². The fourth-order valence-corrected chi connectivity index (χ4v) is 4.17. The zero-order valence-corrected chi connectivity index (χ0v) is 15.3. The van der Waals surface area contributed by atoms with Gasteiger partial charge in [0, 0.05) is 16.9 Å². The number of aromatic nitrogens is 2. The number of carbonyl (C=O) groups is 2. The minimum absolute atomic E-state index is 0.00246. The van der Waals surface area contributed by atoms with E-state index in [0.29, 0.717) is 18.0 Å². The summed E-state index contributed by atoms with van der Waals surface area (Å²) in [5.74, 6) is -0.741. The molecule has 0 aliphatic heterocycles. The second-order valence-electron chi connectivity index (χ2n) is 6.83. The number of carbonyl (C=O) groups excluding carboxylic acids is 2. The van der Waals surface area contributed by atoms with Gasteiger partial charge in [-0.2, -0.15) is 4.98 Å². The number of Topliss-reactive ketones (excluding diaryl/α,β-unsaturated/α-hetero) is 1. The Bertz CT molecular complexity index is 855. The molecule has 1 heterocycles. The van der Waals surface area contributed by atoms with Crippen molar-refractivity contribution in [3.8, 4) is 5.88 Å². The summed E-state index contributed by atoms with van der Waals surface area (Å²) in [6.07, 6.45) is 3.11. The third kappa shape index (κ3) is 2.57. The fourth-order valence-electron chi connectivity index (χ4n) is 4.17. The molecule has 7 heteroatoms. The third-order valence-electron chi connectivity index (χ3n) is 5.43. The van der Waals surface area contributed by atoms with E-state index in [1.807, 2.05) is 13.8 Å². The SMILES string of the molecule is [C-]#[N+]C1=C[C@]2(C)c3nc(C(=O)OCC)nc(OC)c3CC[C@H]2[C@H](C)C1=O. The van der Waals surface area contributed by atoms with Crippen molar-refractivity contribution < 1.29 is 19.1 Å². The molecule has 2 aliphatic carbocycles. The first-order valence-electron chi connectivity index (χ1n) is 8.64. The maximum absolute atomic E-state index is 12.4. The predicted molar refractivity (Wildman–Crippen MR) is 92.6 cm³/mol. The Morgan fingerprint density at radius 1 is 1.46 bits per heavy atom. The summed E-state index contributed by atoms with van der Waals surface area (Å²) in [4.78, 5) is 36.7. The topological polar surface area (TPSA) is 82.7 Å². The number of esters is 1. The molecule has 7 nitrogen and oxygen atoms in total. The van der Waals surface area contributed by atoms with Crippen molar-refractivity contribution in [1.82, 2.24) is 9.97 Å². The first kappa shape index (κ1) is 18.1. The van der Waals surface area contributed by atoms with Crippen molar-refractivity contribution >= 4 is 11.8 Å². The number of rotatable bonds is 3. The van der Waals surface area contributed by atoms with E-state index < -0.39 is 11.4 Å². The van der Waals surface area contributed by atoms with Crippen LogP contribution in [-0.2, 0) is 21.4 Å². The van der Waals surface area contributed by atoms with E-state index in [1.165, 1.54) is 7.11 Å². The molecular weight excluding hydrogens is 334 g/mol. The van der Waals surface area contributed by atoms with E-state index in [-0.39, 0.29) is 35.7 Å². The number of methoxy groups -OCH3 is 1. The molecule has 2 aliphatic rings. The molecule has 26 heavy (non-hydrogen) atoms. The first-order chi connectivity index (χ1) is 12.4. The van der Waals surface area contributed by atoms with E-state index in [4.69, 9.17) is 16.0 Å². The summed E-state index contributed by atoms with van der Waals surface area (Å²) in [5, 5.41) is 0. The highest BCUT2D eigenvalue weighted by atomic mass is 16.5. The number of hydrogen-bond donors (Lipinski definition) is 0. The lowest BCUT2D eigenvalue weighted by Crippen LogP contribution is -2.46. The van der Waals surface area contributed by atoms with Crippen LogP contribution in [0, 0.1) is 18.4 Å². The van der Waals surface area contributed by atoms with E-state index in [1.54, 1.807) is 13.0 Å². The van der Waals surface area contributed by atoms with Crippen molar-refractivity contribution in [1.29, 1.82) is 0 Å². The van der Waals surface area contributed by atoms with Gasteiger partial charge in [0.15, 0.2) is 5.78 Å². The van der Waals surface area contributed by atoms with Gasteiger partial charge in [0.1, 0.15) is 0 Å². The summed E-state index contributed by atoms with van der Waals surface area (Å²) < 4.78 is 10.4. The molecule has 0 N–H and O–H groups in total. The zero-order chi connectivity index (χ0) is 19.1. The smallest absolute Gasteiger partial charge is 0.376 e.